The normalized spacial score (nSPS) is 14.4. The third kappa shape index (κ3) is 7.55. The lowest BCUT2D eigenvalue weighted by molar-refractivity contribution is -0.134. The summed E-state index contributed by atoms with van der Waals surface area (Å²) >= 11 is 0. The van der Waals surface area contributed by atoms with Gasteiger partial charge in [0.2, 0.25) is 0 Å². The fourth-order valence-corrected chi connectivity index (χ4v) is 4.95. The van der Waals surface area contributed by atoms with Gasteiger partial charge in [0.05, 0.1) is 39.0 Å². The second kappa shape index (κ2) is 13.6. The first kappa shape index (κ1) is 33.1. The highest BCUT2D eigenvalue weighted by Crippen LogP contribution is 2.41. The number of allylic oxidation sites excluding steroid dienone is 3. The summed E-state index contributed by atoms with van der Waals surface area (Å²) < 4.78 is 31.7. The number of azo groups is 2. The molecular weight excluding hydrogens is 636 g/mol. The van der Waals surface area contributed by atoms with E-state index in [2.05, 4.69) is 31.0 Å². The van der Waals surface area contributed by atoms with Crippen molar-refractivity contribution in [3.63, 3.8) is 0 Å². The van der Waals surface area contributed by atoms with Crippen molar-refractivity contribution in [3.05, 3.63) is 108 Å². The summed E-state index contributed by atoms with van der Waals surface area (Å²) in [6.45, 7) is 3.30. The van der Waals surface area contributed by atoms with Crippen molar-refractivity contribution >= 4 is 67.4 Å². The fourth-order valence-electron chi connectivity index (χ4n) is 4.47. The number of aryl methyl sites for hydroxylation is 1. The lowest BCUT2D eigenvalue weighted by Crippen LogP contribution is -2.19. The Morgan fingerprint density at radius 2 is 1.33 bits per heavy atom. The molecule has 48 heavy (non-hydrogen) atoms. The molecule has 14 nitrogen and oxygen atoms in total. The summed E-state index contributed by atoms with van der Waals surface area (Å²) in [6, 6.07) is 21.5. The zero-order valence-electron chi connectivity index (χ0n) is 25.5. The maximum absolute atomic E-state index is 12.0. The summed E-state index contributed by atoms with van der Waals surface area (Å²) in [6.07, 6.45) is 2.74. The van der Waals surface area contributed by atoms with Crippen LogP contribution in [0.2, 0.25) is 0 Å². The molecule has 0 fully saturated rings. The van der Waals surface area contributed by atoms with E-state index in [0.29, 0.717) is 34.0 Å². The number of anilines is 3. The summed E-state index contributed by atoms with van der Waals surface area (Å²) in [4.78, 5) is 23.1. The molecule has 0 bridgehead atoms. The van der Waals surface area contributed by atoms with E-state index in [1.165, 1.54) is 43.3 Å². The molecule has 0 aromatic heterocycles. The Hall–Kier alpha value is -6.32. The number of ketones is 1. The minimum absolute atomic E-state index is 0.150. The van der Waals surface area contributed by atoms with Crippen LogP contribution in [-0.2, 0) is 19.7 Å². The molecule has 0 amide bonds. The number of carbonyl (C=O) groups excluding carboxylic acids is 1. The zero-order chi connectivity index (χ0) is 34.6. The number of aliphatic carboxylic acids is 1. The molecule has 4 aromatic rings. The van der Waals surface area contributed by atoms with Crippen LogP contribution in [0.3, 0.4) is 0 Å². The molecule has 1 aliphatic carbocycles. The zero-order valence-corrected chi connectivity index (χ0v) is 26.3. The molecule has 7 N–H and O–H groups in total. The first-order chi connectivity index (χ1) is 22.8. The minimum Gasteiger partial charge on any atom is -0.478 e. The van der Waals surface area contributed by atoms with Gasteiger partial charge in [-0.15, -0.1) is 10.2 Å². The summed E-state index contributed by atoms with van der Waals surface area (Å²) in [7, 11) is -4.33. The number of hydrogen-bond acceptors (Lipinski definition) is 12. The van der Waals surface area contributed by atoms with Crippen LogP contribution in [0.15, 0.2) is 133 Å². The Balaban J connectivity index is 1.28. The van der Waals surface area contributed by atoms with Crippen LogP contribution in [0.1, 0.15) is 12.5 Å². The molecule has 5 rings (SSSR count). The Morgan fingerprint density at radius 3 is 1.92 bits per heavy atom. The molecule has 4 aromatic carbocycles. The molecule has 0 aliphatic heterocycles. The Kier molecular flexibility index (Phi) is 9.35. The van der Waals surface area contributed by atoms with Crippen LogP contribution < -0.4 is 16.9 Å². The van der Waals surface area contributed by atoms with Gasteiger partial charge in [0, 0.05) is 0 Å². The van der Waals surface area contributed by atoms with Gasteiger partial charge < -0.3 is 16.6 Å². The number of rotatable bonds is 9. The molecule has 0 unspecified atom stereocenters. The molecule has 242 valence electrons. The van der Waals surface area contributed by atoms with Crippen molar-refractivity contribution in [1.82, 2.24) is 0 Å². The number of carboxylic acids is 1. The third-order valence-electron chi connectivity index (χ3n) is 7.13. The van der Waals surface area contributed by atoms with Gasteiger partial charge in [-0.05, 0) is 103 Å². The Bertz CT molecular complexity index is 2190. The third-order valence-corrected chi connectivity index (χ3v) is 7.99. The van der Waals surface area contributed by atoms with Gasteiger partial charge in [-0.25, -0.2) is 4.79 Å². The van der Waals surface area contributed by atoms with E-state index in [-0.39, 0.29) is 33.1 Å². The van der Waals surface area contributed by atoms with Crippen molar-refractivity contribution in [3.8, 4) is 11.1 Å². The number of nitrogen functional groups attached to an aromatic ring is 2. The minimum atomic E-state index is -4.33. The van der Waals surface area contributed by atoms with Crippen molar-refractivity contribution in [2.75, 3.05) is 16.9 Å². The lowest BCUT2D eigenvalue weighted by atomic mass is 9.97. The number of hydrazone groups is 1. The van der Waals surface area contributed by atoms with Crippen LogP contribution in [0, 0.1) is 6.92 Å². The van der Waals surface area contributed by atoms with E-state index in [1.54, 1.807) is 25.1 Å². The number of carbonyl (C=O) groups is 2. The number of nitrogens with two attached hydrogens (primary N) is 2. The average molecular weight is 665 g/mol. The van der Waals surface area contributed by atoms with E-state index in [9.17, 15) is 23.1 Å². The quantitative estimate of drug-likeness (QED) is 0.0303. The molecule has 0 atom stereocenters. The lowest BCUT2D eigenvalue weighted by Gasteiger charge is -2.10. The van der Waals surface area contributed by atoms with Gasteiger partial charge in [-0.2, -0.15) is 23.7 Å². The Labute approximate surface area is 274 Å². The maximum atomic E-state index is 12.0. The van der Waals surface area contributed by atoms with Crippen molar-refractivity contribution in [2.45, 2.75) is 18.7 Å². The Morgan fingerprint density at radius 1 is 0.771 bits per heavy atom. The highest BCUT2D eigenvalue weighted by Gasteiger charge is 2.23. The van der Waals surface area contributed by atoms with Gasteiger partial charge in [-0.1, -0.05) is 24.3 Å². The molecule has 0 radical (unpaired) electrons. The molecular formula is C33H28N8O6S. The topological polar surface area (TPSA) is 235 Å². The first-order valence-corrected chi connectivity index (χ1v) is 15.6. The first-order valence-electron chi connectivity index (χ1n) is 14.1. The van der Waals surface area contributed by atoms with Crippen LogP contribution in [-0.4, -0.2) is 35.5 Å². The summed E-state index contributed by atoms with van der Waals surface area (Å²) in [5, 5.41) is 30.3. The number of Topliss-reactive ketones (excluding diaryl/α,β-unsaturated/α-hetero) is 1. The second-order valence-electron chi connectivity index (χ2n) is 10.5. The average Bonchev–Trinajstić information content (AvgIpc) is 3.06. The van der Waals surface area contributed by atoms with Crippen LogP contribution >= 0.6 is 0 Å². The largest absolute Gasteiger partial charge is 0.478 e. The molecule has 0 saturated heterocycles. The number of nitrogens with zero attached hydrogens (tertiary/aromatic N) is 5. The van der Waals surface area contributed by atoms with Crippen LogP contribution in [0.5, 0.6) is 0 Å². The number of hydrogen-bond donors (Lipinski definition) is 5. The van der Waals surface area contributed by atoms with Crippen LogP contribution in [0.25, 0.3) is 11.1 Å². The highest BCUT2D eigenvalue weighted by atomic mass is 32.2. The van der Waals surface area contributed by atoms with Gasteiger partial charge >= 0.3 is 5.97 Å². The van der Waals surface area contributed by atoms with E-state index in [1.807, 2.05) is 36.4 Å². The standard InChI is InChI=1S/C33H28N8O6S/c1-18-16-28(40-37-24-11-13-26(14-12-24)48(45,46)47)30(35)31(29(18)34)41-38-23-9-5-21(6-10-23)20-3-7-22(8-4-20)36-39-25-15-19(2)32(42)27(17-25)33(43)44/h3-17,36H,34-35H2,1-2H3,(H,43,44)(H,45,46,47)/b39-25+,40-37?,41-38?. The predicted octanol–water partition coefficient (Wildman–Crippen LogP) is 7.21. The summed E-state index contributed by atoms with van der Waals surface area (Å²) in [5.41, 5.74) is 20.7. The molecule has 0 spiro atoms. The maximum Gasteiger partial charge on any atom is 0.339 e. The number of nitrogens with one attached hydrogen (secondary N) is 1. The van der Waals surface area contributed by atoms with Crippen LogP contribution in [0.4, 0.5) is 39.8 Å². The van der Waals surface area contributed by atoms with Gasteiger partial charge in [0.15, 0.2) is 5.78 Å². The highest BCUT2D eigenvalue weighted by molar-refractivity contribution is 7.85. The predicted molar refractivity (Wildman–Crippen MR) is 182 cm³/mol. The second-order valence-corrected chi connectivity index (χ2v) is 12.0. The van der Waals surface area contributed by atoms with Gasteiger partial charge in [0.25, 0.3) is 10.1 Å². The smallest absolute Gasteiger partial charge is 0.339 e. The van der Waals surface area contributed by atoms with E-state index in [0.717, 1.165) is 11.1 Å². The van der Waals surface area contributed by atoms with E-state index >= 15 is 0 Å². The van der Waals surface area contributed by atoms with Gasteiger partial charge in [-0.3, -0.25) is 14.8 Å². The van der Waals surface area contributed by atoms with Crippen molar-refractivity contribution in [1.29, 1.82) is 0 Å². The SMILES string of the molecule is CC1=C/C(=N\Nc2ccc(-c3ccc(N=Nc4c(N)c(C)cc(N=Nc5ccc(S(=O)(=O)O)cc5)c4N)cc3)cc2)C=C(C(=O)O)C1=O. The van der Waals surface area contributed by atoms with Crippen molar-refractivity contribution < 1.29 is 27.7 Å². The molecule has 15 heteroatoms. The molecule has 1 aliphatic rings. The summed E-state index contributed by atoms with van der Waals surface area (Å²) in [5.74, 6) is -1.84. The van der Waals surface area contributed by atoms with Crippen molar-refractivity contribution in [2.24, 2.45) is 25.6 Å². The van der Waals surface area contributed by atoms with Gasteiger partial charge in [0.1, 0.15) is 16.9 Å². The van der Waals surface area contributed by atoms with E-state index in [4.69, 9.17) is 16.0 Å². The number of carboxylic acid groups (broad SMARTS) is 1. The fraction of sp³-hybridized carbons (Fsp3) is 0.0606. The molecule has 0 saturated carbocycles. The van der Waals surface area contributed by atoms with E-state index < -0.39 is 21.9 Å². The monoisotopic (exact) mass is 664 g/mol. The number of benzene rings is 4. The molecule has 0 heterocycles.